The Labute approximate surface area is 199 Å². The summed E-state index contributed by atoms with van der Waals surface area (Å²) in [5.74, 6) is -0.197. The van der Waals surface area contributed by atoms with Crippen LogP contribution in [0.3, 0.4) is 0 Å². The standard InChI is InChI=1S/C24H29N3O6S/c1-17(28)27-10-9-18-5-3-4-6-20(18)21(27)16-24(29)25-19-7-8-22(32-2)23(15-19)34(30,31)26-11-13-33-14-12-26/h3-8,15,21H,9-14,16H2,1-2H3,(H,25,29). The Morgan fingerprint density at radius 1 is 1.12 bits per heavy atom. The first-order valence-electron chi connectivity index (χ1n) is 11.2. The Balaban J connectivity index is 1.56. The van der Waals surface area contributed by atoms with Crippen LogP contribution in [0.25, 0.3) is 0 Å². The number of anilines is 1. The van der Waals surface area contributed by atoms with Crippen molar-refractivity contribution >= 4 is 27.5 Å². The smallest absolute Gasteiger partial charge is 0.246 e. The summed E-state index contributed by atoms with van der Waals surface area (Å²) in [6.07, 6.45) is 0.809. The molecule has 34 heavy (non-hydrogen) atoms. The van der Waals surface area contributed by atoms with Crippen molar-refractivity contribution in [2.24, 2.45) is 0 Å². The zero-order valence-electron chi connectivity index (χ0n) is 19.3. The summed E-state index contributed by atoms with van der Waals surface area (Å²) >= 11 is 0. The van der Waals surface area contributed by atoms with E-state index < -0.39 is 10.0 Å². The second-order valence-electron chi connectivity index (χ2n) is 8.31. The molecule has 1 N–H and O–H groups in total. The first-order valence-corrected chi connectivity index (χ1v) is 12.7. The quantitative estimate of drug-likeness (QED) is 0.670. The van der Waals surface area contributed by atoms with E-state index in [0.717, 1.165) is 17.5 Å². The predicted octanol–water partition coefficient (Wildman–Crippen LogP) is 2.19. The number of carbonyl (C=O) groups excluding carboxylic acids is 2. The zero-order chi connectivity index (χ0) is 24.3. The van der Waals surface area contributed by atoms with Crippen LogP contribution in [0.15, 0.2) is 47.4 Å². The summed E-state index contributed by atoms with van der Waals surface area (Å²) in [5.41, 5.74) is 2.43. The van der Waals surface area contributed by atoms with E-state index in [9.17, 15) is 18.0 Å². The summed E-state index contributed by atoms with van der Waals surface area (Å²) in [5, 5.41) is 2.81. The second-order valence-corrected chi connectivity index (χ2v) is 10.2. The van der Waals surface area contributed by atoms with Crippen molar-refractivity contribution in [3.8, 4) is 5.75 Å². The van der Waals surface area contributed by atoms with Crippen LogP contribution in [-0.4, -0.2) is 69.4 Å². The number of fused-ring (bicyclic) bond motifs is 1. The average molecular weight is 488 g/mol. The summed E-state index contributed by atoms with van der Waals surface area (Å²) in [4.78, 5) is 27.0. The van der Waals surface area contributed by atoms with E-state index in [1.54, 1.807) is 11.0 Å². The highest BCUT2D eigenvalue weighted by atomic mass is 32.2. The molecular formula is C24H29N3O6S. The molecule has 0 bridgehead atoms. The van der Waals surface area contributed by atoms with Crippen LogP contribution in [0.2, 0.25) is 0 Å². The van der Waals surface area contributed by atoms with E-state index in [-0.39, 0.29) is 48.0 Å². The van der Waals surface area contributed by atoms with E-state index in [4.69, 9.17) is 9.47 Å². The number of morpholine rings is 1. The number of sulfonamides is 1. The number of benzene rings is 2. The number of carbonyl (C=O) groups is 2. The number of amides is 2. The fraction of sp³-hybridized carbons (Fsp3) is 0.417. The van der Waals surface area contributed by atoms with Crippen molar-refractivity contribution < 1.29 is 27.5 Å². The van der Waals surface area contributed by atoms with Gasteiger partial charge < -0.3 is 19.7 Å². The number of nitrogens with one attached hydrogen (secondary N) is 1. The maximum atomic E-state index is 13.2. The molecule has 2 amide bonds. The molecule has 2 aliphatic heterocycles. The minimum atomic E-state index is -3.83. The van der Waals surface area contributed by atoms with Crippen molar-refractivity contribution in [3.05, 3.63) is 53.6 Å². The highest BCUT2D eigenvalue weighted by Crippen LogP contribution is 2.34. The Kier molecular flexibility index (Phi) is 7.20. The lowest BCUT2D eigenvalue weighted by atomic mass is 9.90. The lowest BCUT2D eigenvalue weighted by molar-refractivity contribution is -0.132. The van der Waals surface area contributed by atoms with Crippen LogP contribution in [0, 0.1) is 0 Å². The molecular weight excluding hydrogens is 458 g/mol. The van der Waals surface area contributed by atoms with Gasteiger partial charge in [-0.25, -0.2) is 8.42 Å². The first kappa shape index (κ1) is 24.2. The van der Waals surface area contributed by atoms with E-state index in [2.05, 4.69) is 5.32 Å². The van der Waals surface area contributed by atoms with Crippen LogP contribution in [-0.2, 0) is 30.8 Å². The molecule has 0 spiro atoms. The SMILES string of the molecule is COc1ccc(NC(=O)CC2c3ccccc3CCN2C(C)=O)cc1S(=O)(=O)N1CCOCC1. The van der Waals surface area contributed by atoms with Gasteiger partial charge in [0.15, 0.2) is 0 Å². The normalized spacial score (nSPS) is 18.8. The van der Waals surface area contributed by atoms with E-state index in [1.165, 1.54) is 30.5 Å². The number of hydrogen-bond donors (Lipinski definition) is 1. The Morgan fingerprint density at radius 3 is 2.56 bits per heavy atom. The lowest BCUT2D eigenvalue weighted by Gasteiger charge is -2.36. The monoisotopic (exact) mass is 487 g/mol. The largest absolute Gasteiger partial charge is 0.495 e. The van der Waals surface area contributed by atoms with Gasteiger partial charge in [-0.2, -0.15) is 4.31 Å². The zero-order valence-corrected chi connectivity index (χ0v) is 20.1. The molecule has 2 aliphatic rings. The number of hydrogen-bond acceptors (Lipinski definition) is 6. The average Bonchev–Trinajstić information content (AvgIpc) is 2.84. The molecule has 0 aliphatic carbocycles. The van der Waals surface area contributed by atoms with Crippen molar-refractivity contribution in [1.82, 2.24) is 9.21 Å². The highest BCUT2D eigenvalue weighted by Gasteiger charge is 2.32. The minimum absolute atomic E-state index is 0.0110. The van der Waals surface area contributed by atoms with Gasteiger partial charge in [-0.1, -0.05) is 24.3 Å². The van der Waals surface area contributed by atoms with Crippen LogP contribution >= 0.6 is 0 Å². The van der Waals surface area contributed by atoms with Gasteiger partial charge in [0, 0.05) is 32.2 Å². The molecule has 1 saturated heterocycles. The van der Waals surface area contributed by atoms with Crippen LogP contribution < -0.4 is 10.1 Å². The maximum absolute atomic E-state index is 13.2. The second kappa shape index (κ2) is 10.1. The molecule has 2 heterocycles. The third kappa shape index (κ3) is 4.94. The van der Waals surface area contributed by atoms with Crippen LogP contribution in [0.1, 0.15) is 30.5 Å². The summed E-state index contributed by atoms with van der Waals surface area (Å²) < 4.78 is 38.3. The third-order valence-corrected chi connectivity index (χ3v) is 8.15. The fourth-order valence-corrected chi connectivity index (χ4v) is 6.11. The maximum Gasteiger partial charge on any atom is 0.246 e. The van der Waals surface area contributed by atoms with Gasteiger partial charge in [0.05, 0.1) is 32.8 Å². The van der Waals surface area contributed by atoms with Gasteiger partial charge in [0.1, 0.15) is 10.6 Å². The first-order chi connectivity index (χ1) is 16.3. The minimum Gasteiger partial charge on any atom is -0.495 e. The molecule has 2 aromatic carbocycles. The highest BCUT2D eigenvalue weighted by molar-refractivity contribution is 7.89. The molecule has 0 radical (unpaired) electrons. The molecule has 9 nitrogen and oxygen atoms in total. The predicted molar refractivity (Wildman–Crippen MR) is 126 cm³/mol. The lowest BCUT2D eigenvalue weighted by Crippen LogP contribution is -2.40. The van der Waals surface area contributed by atoms with Gasteiger partial charge in [-0.05, 0) is 35.7 Å². The third-order valence-electron chi connectivity index (χ3n) is 6.23. The number of rotatable bonds is 6. The molecule has 1 unspecified atom stereocenters. The molecule has 0 saturated carbocycles. The van der Waals surface area contributed by atoms with Crippen molar-refractivity contribution in [3.63, 3.8) is 0 Å². The van der Waals surface area contributed by atoms with Gasteiger partial charge in [0.2, 0.25) is 21.8 Å². The fourth-order valence-electron chi connectivity index (χ4n) is 4.52. The Hall–Kier alpha value is -2.95. The van der Waals surface area contributed by atoms with Crippen molar-refractivity contribution in [1.29, 1.82) is 0 Å². The molecule has 1 fully saturated rings. The van der Waals surface area contributed by atoms with E-state index in [0.29, 0.717) is 25.4 Å². The van der Waals surface area contributed by atoms with Crippen LogP contribution in [0.5, 0.6) is 5.75 Å². The number of methoxy groups -OCH3 is 1. The molecule has 0 aromatic heterocycles. The van der Waals surface area contributed by atoms with Crippen molar-refractivity contribution in [2.45, 2.75) is 30.7 Å². The van der Waals surface area contributed by atoms with E-state index in [1.807, 2.05) is 24.3 Å². The molecule has 10 heteroatoms. The van der Waals surface area contributed by atoms with Gasteiger partial charge in [-0.3, -0.25) is 9.59 Å². The van der Waals surface area contributed by atoms with Crippen molar-refractivity contribution in [2.75, 3.05) is 45.3 Å². The van der Waals surface area contributed by atoms with Gasteiger partial charge in [-0.15, -0.1) is 0 Å². The van der Waals surface area contributed by atoms with Crippen LogP contribution in [0.4, 0.5) is 5.69 Å². The van der Waals surface area contributed by atoms with E-state index >= 15 is 0 Å². The summed E-state index contributed by atoms with van der Waals surface area (Å²) in [6, 6.07) is 12.0. The number of nitrogens with zero attached hydrogens (tertiary/aromatic N) is 2. The molecule has 2 aromatic rings. The molecule has 182 valence electrons. The van der Waals surface area contributed by atoms with Gasteiger partial charge >= 0.3 is 0 Å². The summed E-state index contributed by atoms with van der Waals surface area (Å²) in [7, 11) is -2.42. The molecule has 4 rings (SSSR count). The topological polar surface area (TPSA) is 105 Å². The molecule has 1 atom stereocenters. The Morgan fingerprint density at radius 2 is 1.85 bits per heavy atom. The Bertz CT molecular complexity index is 1180. The summed E-state index contributed by atoms with van der Waals surface area (Å²) in [6.45, 7) is 3.22. The van der Waals surface area contributed by atoms with Gasteiger partial charge in [0.25, 0.3) is 0 Å². The number of ether oxygens (including phenoxy) is 2.